The molecule has 0 saturated heterocycles. The molecular weight excluding hydrogens is 122 g/mol. The van der Waals surface area contributed by atoms with Gasteiger partial charge in [0, 0.05) is 0 Å². The van der Waals surface area contributed by atoms with E-state index in [4.69, 9.17) is 5.26 Å². The highest BCUT2D eigenvalue weighted by atomic mass is 14.5. The van der Waals surface area contributed by atoms with Gasteiger partial charge in [-0.05, 0) is 25.7 Å². The molecule has 0 aromatic carbocycles. The number of nitrogens with zero attached hydrogens (tertiary/aromatic N) is 1. The summed E-state index contributed by atoms with van der Waals surface area (Å²) in [5.74, 6) is 0. The van der Waals surface area contributed by atoms with E-state index in [2.05, 4.69) is 25.1 Å². The first kappa shape index (κ1) is 7.34. The molecule has 0 heterocycles. The van der Waals surface area contributed by atoms with Gasteiger partial charge in [0.05, 0.1) is 11.5 Å². The molecule has 0 bridgehead atoms. The van der Waals surface area contributed by atoms with E-state index in [1.165, 1.54) is 0 Å². The van der Waals surface area contributed by atoms with Crippen molar-refractivity contribution >= 4 is 0 Å². The molecular formula is C9H13N. The van der Waals surface area contributed by atoms with Crippen LogP contribution in [0.1, 0.15) is 32.6 Å². The van der Waals surface area contributed by atoms with Crippen LogP contribution in [0.4, 0.5) is 0 Å². The van der Waals surface area contributed by atoms with Crippen LogP contribution in [0, 0.1) is 16.7 Å². The molecule has 1 fully saturated rings. The van der Waals surface area contributed by atoms with Crippen LogP contribution < -0.4 is 0 Å². The monoisotopic (exact) mass is 135 g/mol. The third-order valence-electron chi connectivity index (χ3n) is 2.00. The fraction of sp³-hybridized carbons (Fsp3) is 0.667. The molecule has 0 aromatic heterocycles. The zero-order valence-corrected chi connectivity index (χ0v) is 6.43. The summed E-state index contributed by atoms with van der Waals surface area (Å²) in [6, 6.07) is 2.36. The summed E-state index contributed by atoms with van der Waals surface area (Å²) in [4.78, 5) is 0. The quantitative estimate of drug-likeness (QED) is 0.546. The summed E-state index contributed by atoms with van der Waals surface area (Å²) >= 11 is 0. The number of nitriles is 1. The van der Waals surface area contributed by atoms with Crippen molar-refractivity contribution < 1.29 is 0 Å². The SMILES string of the molecule is CC/C=C\CC1(C#N)CC1. The second-order valence-electron chi connectivity index (χ2n) is 2.98. The van der Waals surface area contributed by atoms with E-state index in [9.17, 15) is 0 Å². The molecule has 0 aliphatic heterocycles. The van der Waals surface area contributed by atoms with Gasteiger partial charge in [-0.2, -0.15) is 5.26 Å². The molecule has 1 aliphatic carbocycles. The standard InChI is InChI=1S/C9H13N/c1-2-3-4-5-9(8-10)6-7-9/h3-4H,2,5-7H2,1H3/b4-3-. The first-order valence-corrected chi connectivity index (χ1v) is 3.89. The third kappa shape index (κ3) is 1.60. The van der Waals surface area contributed by atoms with Gasteiger partial charge in [-0.15, -0.1) is 0 Å². The summed E-state index contributed by atoms with van der Waals surface area (Å²) in [6.45, 7) is 2.11. The Morgan fingerprint density at radius 2 is 2.20 bits per heavy atom. The maximum absolute atomic E-state index is 8.67. The lowest BCUT2D eigenvalue weighted by atomic mass is 10.0. The van der Waals surface area contributed by atoms with Crippen LogP contribution in [-0.4, -0.2) is 0 Å². The second-order valence-corrected chi connectivity index (χ2v) is 2.98. The van der Waals surface area contributed by atoms with Crippen molar-refractivity contribution in [2.45, 2.75) is 32.6 Å². The second kappa shape index (κ2) is 2.88. The minimum absolute atomic E-state index is 0.0612. The highest BCUT2D eigenvalue weighted by Crippen LogP contribution is 2.48. The summed E-state index contributed by atoms with van der Waals surface area (Å²) < 4.78 is 0. The number of hydrogen-bond acceptors (Lipinski definition) is 1. The van der Waals surface area contributed by atoms with Crippen LogP contribution in [0.5, 0.6) is 0 Å². The largest absolute Gasteiger partial charge is 0.198 e. The topological polar surface area (TPSA) is 23.8 Å². The van der Waals surface area contributed by atoms with Crippen molar-refractivity contribution in [3.05, 3.63) is 12.2 Å². The molecule has 0 atom stereocenters. The van der Waals surface area contributed by atoms with Crippen molar-refractivity contribution in [3.8, 4) is 6.07 Å². The van der Waals surface area contributed by atoms with E-state index in [0.29, 0.717) is 0 Å². The van der Waals surface area contributed by atoms with Crippen molar-refractivity contribution in [1.29, 1.82) is 5.26 Å². The Morgan fingerprint density at radius 3 is 2.60 bits per heavy atom. The summed E-state index contributed by atoms with van der Waals surface area (Å²) in [5, 5.41) is 8.67. The molecule has 0 radical (unpaired) electrons. The lowest BCUT2D eigenvalue weighted by Gasteiger charge is -1.96. The first-order chi connectivity index (χ1) is 4.83. The molecule has 1 rings (SSSR count). The molecule has 0 spiro atoms. The van der Waals surface area contributed by atoms with E-state index in [0.717, 1.165) is 25.7 Å². The van der Waals surface area contributed by atoms with Crippen molar-refractivity contribution in [1.82, 2.24) is 0 Å². The van der Waals surface area contributed by atoms with Crippen LogP contribution in [0.25, 0.3) is 0 Å². The minimum Gasteiger partial charge on any atom is -0.198 e. The maximum Gasteiger partial charge on any atom is 0.0693 e. The van der Waals surface area contributed by atoms with E-state index in [1.807, 2.05) is 0 Å². The van der Waals surface area contributed by atoms with Gasteiger partial charge in [-0.25, -0.2) is 0 Å². The fourth-order valence-electron chi connectivity index (χ4n) is 0.988. The maximum atomic E-state index is 8.67. The summed E-state index contributed by atoms with van der Waals surface area (Å²) in [5.41, 5.74) is 0.0612. The lowest BCUT2D eigenvalue weighted by molar-refractivity contribution is 0.682. The summed E-state index contributed by atoms with van der Waals surface area (Å²) in [6.07, 6.45) is 8.54. The Kier molecular flexibility index (Phi) is 2.11. The molecule has 0 unspecified atom stereocenters. The van der Waals surface area contributed by atoms with Crippen molar-refractivity contribution in [3.63, 3.8) is 0 Å². The van der Waals surface area contributed by atoms with Gasteiger partial charge in [-0.3, -0.25) is 0 Å². The van der Waals surface area contributed by atoms with Crippen LogP contribution in [0.3, 0.4) is 0 Å². The fourth-order valence-corrected chi connectivity index (χ4v) is 0.988. The van der Waals surface area contributed by atoms with Crippen LogP contribution >= 0.6 is 0 Å². The Balaban J connectivity index is 2.27. The lowest BCUT2D eigenvalue weighted by Crippen LogP contribution is -1.91. The number of allylic oxidation sites excluding steroid dienone is 2. The van der Waals surface area contributed by atoms with Crippen molar-refractivity contribution in [2.24, 2.45) is 5.41 Å². The predicted octanol–water partition coefficient (Wildman–Crippen LogP) is 2.65. The highest BCUT2D eigenvalue weighted by molar-refractivity contribution is 5.12. The van der Waals surface area contributed by atoms with Gasteiger partial charge in [0.15, 0.2) is 0 Å². The van der Waals surface area contributed by atoms with E-state index < -0.39 is 0 Å². The third-order valence-corrected chi connectivity index (χ3v) is 2.00. The Bertz CT molecular complexity index is 170. The minimum atomic E-state index is 0.0612. The van der Waals surface area contributed by atoms with Crippen molar-refractivity contribution in [2.75, 3.05) is 0 Å². The van der Waals surface area contributed by atoms with Gasteiger partial charge >= 0.3 is 0 Å². The molecule has 1 nitrogen and oxygen atoms in total. The summed E-state index contributed by atoms with van der Waals surface area (Å²) in [7, 11) is 0. The predicted molar refractivity (Wildman–Crippen MR) is 41.3 cm³/mol. The number of rotatable bonds is 3. The zero-order chi connectivity index (χ0) is 7.45. The normalized spacial score (nSPS) is 20.8. The first-order valence-electron chi connectivity index (χ1n) is 3.89. The van der Waals surface area contributed by atoms with E-state index in [-0.39, 0.29) is 5.41 Å². The molecule has 0 amide bonds. The van der Waals surface area contributed by atoms with E-state index in [1.54, 1.807) is 0 Å². The molecule has 1 aliphatic rings. The van der Waals surface area contributed by atoms with Gasteiger partial charge in [0.25, 0.3) is 0 Å². The Hall–Kier alpha value is -0.770. The zero-order valence-electron chi connectivity index (χ0n) is 6.43. The molecule has 10 heavy (non-hydrogen) atoms. The van der Waals surface area contributed by atoms with Crippen LogP contribution in [-0.2, 0) is 0 Å². The number of hydrogen-bond donors (Lipinski definition) is 0. The molecule has 1 heteroatoms. The van der Waals surface area contributed by atoms with Crippen LogP contribution in [0.15, 0.2) is 12.2 Å². The molecule has 54 valence electrons. The highest BCUT2D eigenvalue weighted by Gasteiger charge is 2.41. The Morgan fingerprint density at radius 1 is 1.50 bits per heavy atom. The van der Waals surface area contributed by atoms with Gasteiger partial charge < -0.3 is 0 Å². The van der Waals surface area contributed by atoms with Gasteiger partial charge in [-0.1, -0.05) is 19.1 Å². The van der Waals surface area contributed by atoms with Gasteiger partial charge in [0.1, 0.15) is 0 Å². The average molecular weight is 135 g/mol. The molecule has 1 saturated carbocycles. The smallest absolute Gasteiger partial charge is 0.0693 e. The molecule has 0 N–H and O–H groups in total. The average Bonchev–Trinajstić information content (AvgIpc) is 2.70. The van der Waals surface area contributed by atoms with Crippen LogP contribution in [0.2, 0.25) is 0 Å². The molecule has 0 aromatic rings. The Labute approximate surface area is 62.4 Å². The van der Waals surface area contributed by atoms with E-state index >= 15 is 0 Å². The van der Waals surface area contributed by atoms with Gasteiger partial charge in [0.2, 0.25) is 0 Å².